The van der Waals surface area contributed by atoms with Gasteiger partial charge in [-0.1, -0.05) is 19.8 Å². The molecule has 0 bridgehead atoms. The molecule has 0 fully saturated rings. The van der Waals surface area contributed by atoms with E-state index >= 15 is 0 Å². The van der Waals surface area contributed by atoms with Gasteiger partial charge in [-0.15, -0.1) is 0 Å². The lowest BCUT2D eigenvalue weighted by Crippen LogP contribution is -2.12. The van der Waals surface area contributed by atoms with Gasteiger partial charge in [0.15, 0.2) is 0 Å². The molecule has 0 saturated heterocycles. The SMILES string of the molecule is CCCCCN/N=C\C(=O)OCC. The van der Waals surface area contributed by atoms with Crippen molar-refractivity contribution >= 4 is 12.2 Å². The second-order valence-corrected chi connectivity index (χ2v) is 2.63. The highest BCUT2D eigenvalue weighted by Gasteiger charge is 1.92. The van der Waals surface area contributed by atoms with Crippen molar-refractivity contribution in [3.05, 3.63) is 0 Å². The van der Waals surface area contributed by atoms with Gasteiger partial charge in [-0.25, -0.2) is 4.79 Å². The fraction of sp³-hybridized carbons (Fsp3) is 0.778. The monoisotopic (exact) mass is 186 g/mol. The smallest absolute Gasteiger partial charge is 0.351 e. The largest absolute Gasteiger partial charge is 0.462 e. The maximum Gasteiger partial charge on any atom is 0.351 e. The standard InChI is InChI=1S/C9H18N2O2/c1-3-5-6-7-10-11-8-9(12)13-4-2/h8,10H,3-7H2,1-2H3/b11-8-. The molecule has 0 aliphatic carbocycles. The molecule has 0 amide bonds. The number of unbranched alkanes of at least 4 members (excludes halogenated alkanes) is 2. The summed E-state index contributed by atoms with van der Waals surface area (Å²) in [6, 6.07) is 0. The van der Waals surface area contributed by atoms with E-state index in [1.54, 1.807) is 6.92 Å². The van der Waals surface area contributed by atoms with Crippen LogP contribution in [0, 0.1) is 0 Å². The third-order valence-electron chi connectivity index (χ3n) is 1.44. The van der Waals surface area contributed by atoms with Gasteiger partial charge in [-0.2, -0.15) is 5.10 Å². The predicted octanol–water partition coefficient (Wildman–Crippen LogP) is 1.32. The first kappa shape index (κ1) is 11.9. The van der Waals surface area contributed by atoms with Crippen molar-refractivity contribution in [2.45, 2.75) is 33.1 Å². The van der Waals surface area contributed by atoms with E-state index in [1.807, 2.05) is 0 Å². The van der Waals surface area contributed by atoms with Crippen LogP contribution >= 0.6 is 0 Å². The number of hydrogen-bond donors (Lipinski definition) is 1. The molecule has 0 rings (SSSR count). The summed E-state index contributed by atoms with van der Waals surface area (Å²) in [6.07, 6.45) is 4.61. The molecular formula is C9H18N2O2. The number of ether oxygens (including phenoxy) is 1. The van der Waals surface area contributed by atoms with Crippen LogP contribution in [-0.2, 0) is 9.53 Å². The van der Waals surface area contributed by atoms with Crippen molar-refractivity contribution in [1.82, 2.24) is 5.43 Å². The zero-order valence-corrected chi connectivity index (χ0v) is 8.38. The first-order chi connectivity index (χ1) is 6.31. The fourth-order valence-corrected chi connectivity index (χ4v) is 0.796. The Labute approximate surface area is 79.3 Å². The highest BCUT2D eigenvalue weighted by Crippen LogP contribution is 1.90. The van der Waals surface area contributed by atoms with Gasteiger partial charge in [-0.3, -0.25) is 0 Å². The zero-order chi connectivity index (χ0) is 9.94. The molecule has 0 aromatic heterocycles. The Balaban J connectivity index is 3.25. The van der Waals surface area contributed by atoms with Crippen molar-refractivity contribution in [3.8, 4) is 0 Å². The summed E-state index contributed by atoms with van der Waals surface area (Å²) >= 11 is 0. The maximum atomic E-state index is 10.7. The lowest BCUT2D eigenvalue weighted by Gasteiger charge is -1.98. The number of hydrazone groups is 1. The quantitative estimate of drug-likeness (QED) is 0.282. The Morgan fingerprint density at radius 3 is 2.85 bits per heavy atom. The number of esters is 1. The summed E-state index contributed by atoms with van der Waals surface area (Å²) in [5.41, 5.74) is 2.78. The average Bonchev–Trinajstić information content (AvgIpc) is 2.11. The molecule has 4 nitrogen and oxygen atoms in total. The van der Waals surface area contributed by atoms with Crippen LogP contribution in [0.2, 0.25) is 0 Å². The van der Waals surface area contributed by atoms with Crippen LogP contribution in [0.4, 0.5) is 0 Å². The Bertz CT molecular complexity index is 158. The molecule has 0 atom stereocenters. The lowest BCUT2D eigenvalue weighted by atomic mass is 10.3. The molecule has 0 spiro atoms. The van der Waals surface area contributed by atoms with Gasteiger partial charge in [0, 0.05) is 6.54 Å². The topological polar surface area (TPSA) is 50.7 Å². The molecule has 0 aliphatic heterocycles. The lowest BCUT2D eigenvalue weighted by molar-refractivity contribution is -0.134. The highest BCUT2D eigenvalue weighted by molar-refractivity contribution is 6.23. The van der Waals surface area contributed by atoms with Crippen LogP contribution in [0.3, 0.4) is 0 Å². The normalized spacial score (nSPS) is 10.3. The number of rotatable bonds is 7. The summed E-state index contributed by atoms with van der Waals surface area (Å²) in [6.45, 7) is 5.10. The van der Waals surface area contributed by atoms with Gasteiger partial charge in [0.1, 0.15) is 6.21 Å². The first-order valence-electron chi connectivity index (χ1n) is 4.74. The Hall–Kier alpha value is -1.06. The Morgan fingerprint density at radius 1 is 1.46 bits per heavy atom. The minimum atomic E-state index is -0.398. The van der Waals surface area contributed by atoms with Crippen molar-refractivity contribution in [2.75, 3.05) is 13.2 Å². The summed E-state index contributed by atoms with van der Waals surface area (Å²) in [4.78, 5) is 10.7. The molecule has 0 radical (unpaired) electrons. The van der Waals surface area contributed by atoms with Gasteiger partial charge in [0.2, 0.25) is 0 Å². The predicted molar refractivity (Wildman–Crippen MR) is 52.7 cm³/mol. The third kappa shape index (κ3) is 8.85. The van der Waals surface area contributed by atoms with Gasteiger partial charge < -0.3 is 10.2 Å². The summed E-state index contributed by atoms with van der Waals surface area (Å²) in [7, 11) is 0. The summed E-state index contributed by atoms with van der Waals surface area (Å²) in [5, 5.41) is 3.71. The van der Waals surface area contributed by atoms with Gasteiger partial charge in [0.25, 0.3) is 0 Å². The second-order valence-electron chi connectivity index (χ2n) is 2.63. The molecular weight excluding hydrogens is 168 g/mol. The minimum Gasteiger partial charge on any atom is -0.462 e. The second kappa shape index (κ2) is 9.03. The fourth-order valence-electron chi connectivity index (χ4n) is 0.796. The molecule has 4 heteroatoms. The van der Waals surface area contributed by atoms with Crippen LogP contribution in [0.5, 0.6) is 0 Å². The number of carbonyl (C=O) groups is 1. The van der Waals surface area contributed by atoms with Crippen molar-refractivity contribution in [3.63, 3.8) is 0 Å². The van der Waals surface area contributed by atoms with Gasteiger partial charge in [-0.05, 0) is 13.3 Å². The molecule has 76 valence electrons. The maximum absolute atomic E-state index is 10.7. The minimum absolute atomic E-state index is 0.390. The molecule has 13 heavy (non-hydrogen) atoms. The van der Waals surface area contributed by atoms with E-state index in [4.69, 9.17) is 0 Å². The third-order valence-corrected chi connectivity index (χ3v) is 1.44. The van der Waals surface area contributed by atoms with E-state index in [0.29, 0.717) is 6.61 Å². The average molecular weight is 186 g/mol. The number of nitrogens with one attached hydrogen (secondary N) is 1. The van der Waals surface area contributed by atoms with Gasteiger partial charge in [0.05, 0.1) is 6.61 Å². The summed E-state index contributed by atoms with van der Waals surface area (Å²) < 4.78 is 4.64. The molecule has 1 N–H and O–H groups in total. The van der Waals surface area contributed by atoms with Crippen LogP contribution in [0.1, 0.15) is 33.1 Å². The Kier molecular flexibility index (Phi) is 8.30. The molecule has 0 saturated carbocycles. The molecule has 0 aromatic carbocycles. The van der Waals surface area contributed by atoms with Crippen molar-refractivity contribution in [2.24, 2.45) is 5.10 Å². The molecule has 0 unspecified atom stereocenters. The molecule has 0 heterocycles. The summed E-state index contributed by atoms with van der Waals surface area (Å²) in [5.74, 6) is -0.398. The van der Waals surface area contributed by atoms with Crippen LogP contribution < -0.4 is 5.43 Å². The number of carbonyl (C=O) groups excluding carboxylic acids is 1. The Morgan fingerprint density at radius 2 is 2.23 bits per heavy atom. The van der Waals surface area contributed by atoms with Crippen molar-refractivity contribution < 1.29 is 9.53 Å². The van der Waals surface area contributed by atoms with E-state index in [-0.39, 0.29) is 0 Å². The van der Waals surface area contributed by atoms with E-state index in [2.05, 4.69) is 22.2 Å². The van der Waals surface area contributed by atoms with E-state index in [0.717, 1.165) is 19.2 Å². The number of hydrogen-bond acceptors (Lipinski definition) is 4. The molecule has 0 aliphatic rings. The van der Waals surface area contributed by atoms with Crippen LogP contribution in [0.15, 0.2) is 5.10 Å². The van der Waals surface area contributed by atoms with E-state index in [9.17, 15) is 4.79 Å². The van der Waals surface area contributed by atoms with Crippen molar-refractivity contribution in [1.29, 1.82) is 0 Å². The van der Waals surface area contributed by atoms with Crippen LogP contribution in [0.25, 0.3) is 0 Å². The molecule has 0 aromatic rings. The van der Waals surface area contributed by atoms with E-state index in [1.165, 1.54) is 12.8 Å². The first-order valence-corrected chi connectivity index (χ1v) is 4.74. The van der Waals surface area contributed by atoms with Gasteiger partial charge >= 0.3 is 5.97 Å². The number of nitrogens with zero attached hydrogens (tertiary/aromatic N) is 1. The van der Waals surface area contributed by atoms with E-state index < -0.39 is 5.97 Å². The van der Waals surface area contributed by atoms with Crippen LogP contribution in [-0.4, -0.2) is 25.3 Å². The zero-order valence-electron chi connectivity index (χ0n) is 8.38. The highest BCUT2D eigenvalue weighted by atomic mass is 16.5.